The molecule has 2 aliphatic carbocycles. The lowest BCUT2D eigenvalue weighted by Crippen LogP contribution is -2.39. The minimum atomic E-state index is -1.06. The predicted molar refractivity (Wildman–Crippen MR) is 117 cm³/mol. The first-order chi connectivity index (χ1) is 16.2. The molecular weight excluding hydrogens is 442 g/mol. The van der Waals surface area contributed by atoms with E-state index in [0.29, 0.717) is 17.5 Å². The van der Waals surface area contributed by atoms with E-state index in [2.05, 4.69) is 5.16 Å². The third-order valence-corrected chi connectivity index (χ3v) is 6.68. The topological polar surface area (TPSA) is 155 Å². The molecule has 0 saturated carbocycles. The Kier molecular flexibility index (Phi) is 6.47. The number of hydrogen-bond acceptors (Lipinski definition) is 9. The molecule has 2 aromatic rings. The monoisotopic (exact) mass is 467 g/mol. The van der Waals surface area contributed by atoms with Gasteiger partial charge in [-0.3, -0.25) is 19.2 Å². The Morgan fingerprint density at radius 3 is 2.59 bits per heavy atom. The third kappa shape index (κ3) is 4.19. The molecule has 3 N–H and O–H groups in total. The molecule has 178 valence electrons. The number of phenolic OH excluding ortho intramolecular Hbond substituents is 1. The molecule has 1 aromatic heterocycles. The summed E-state index contributed by atoms with van der Waals surface area (Å²) in [4.78, 5) is 50.4. The molecule has 2 aliphatic rings. The van der Waals surface area contributed by atoms with Crippen molar-refractivity contribution in [2.24, 2.45) is 17.8 Å². The highest BCUT2D eigenvalue weighted by atomic mass is 16.5. The van der Waals surface area contributed by atoms with Crippen LogP contribution in [0.3, 0.4) is 0 Å². The zero-order valence-corrected chi connectivity index (χ0v) is 18.6. The maximum absolute atomic E-state index is 13.5. The second-order valence-electron chi connectivity index (χ2n) is 8.93. The molecule has 0 fully saturated rings. The molecule has 34 heavy (non-hydrogen) atoms. The van der Waals surface area contributed by atoms with Crippen LogP contribution in [0, 0.1) is 17.8 Å². The number of fused-ring (bicyclic) bond motifs is 2. The molecule has 0 spiro atoms. The van der Waals surface area contributed by atoms with E-state index in [9.17, 15) is 34.5 Å². The van der Waals surface area contributed by atoms with Crippen molar-refractivity contribution in [1.29, 1.82) is 0 Å². The number of Topliss-reactive ketones (excluding diaryl/α,β-unsaturated/α-hetero) is 4. The number of aromatic hydroxyl groups is 1. The number of rotatable bonds is 8. The molecule has 0 radical (unpaired) electrons. The van der Waals surface area contributed by atoms with Crippen molar-refractivity contribution in [2.45, 2.75) is 39.0 Å². The van der Waals surface area contributed by atoms with Gasteiger partial charge in [-0.15, -0.1) is 0 Å². The maximum Gasteiger partial charge on any atom is 0.205 e. The Labute approximate surface area is 195 Å². The molecule has 1 heterocycles. The van der Waals surface area contributed by atoms with Crippen LogP contribution in [0.2, 0.25) is 0 Å². The van der Waals surface area contributed by atoms with Crippen molar-refractivity contribution in [2.75, 3.05) is 6.61 Å². The highest BCUT2D eigenvalue weighted by Gasteiger charge is 2.46. The van der Waals surface area contributed by atoms with Gasteiger partial charge in [0.1, 0.15) is 17.3 Å². The van der Waals surface area contributed by atoms with Crippen molar-refractivity contribution in [3.8, 4) is 5.75 Å². The van der Waals surface area contributed by atoms with Crippen LogP contribution in [0.5, 0.6) is 5.75 Å². The van der Waals surface area contributed by atoms with Crippen LogP contribution in [-0.2, 0) is 22.4 Å². The van der Waals surface area contributed by atoms with Crippen LogP contribution < -0.4 is 0 Å². The first-order valence-corrected chi connectivity index (χ1v) is 11.1. The molecule has 0 amide bonds. The van der Waals surface area contributed by atoms with Crippen LogP contribution in [-0.4, -0.2) is 50.2 Å². The van der Waals surface area contributed by atoms with E-state index in [1.165, 1.54) is 25.3 Å². The Balaban J connectivity index is 1.76. The lowest BCUT2D eigenvalue weighted by Gasteiger charge is -2.39. The Hall–Kier alpha value is -3.59. The van der Waals surface area contributed by atoms with Gasteiger partial charge in [0.15, 0.2) is 11.6 Å². The average Bonchev–Trinajstić information content (AvgIpc) is 3.30. The normalized spacial score (nSPS) is 21.7. The van der Waals surface area contributed by atoms with Crippen LogP contribution in [0.1, 0.15) is 58.2 Å². The first kappa shape index (κ1) is 23.6. The summed E-state index contributed by atoms with van der Waals surface area (Å²) in [5, 5.41) is 34.6. The van der Waals surface area contributed by atoms with Gasteiger partial charge < -0.3 is 19.8 Å². The van der Waals surface area contributed by atoms with Crippen molar-refractivity contribution in [1.82, 2.24) is 5.16 Å². The summed E-state index contributed by atoms with van der Waals surface area (Å²) in [6.45, 7) is 1.06. The maximum atomic E-state index is 13.5. The summed E-state index contributed by atoms with van der Waals surface area (Å²) >= 11 is 0. The summed E-state index contributed by atoms with van der Waals surface area (Å²) in [7, 11) is 0. The SMILES string of the molecule is CC(=O)CC(=O)C1C(O)=C2C(=O)c3c(O)ccc(CC(=O)c4ccno4)c3CC2CC1CCO. The van der Waals surface area contributed by atoms with Crippen LogP contribution >= 0.6 is 0 Å². The summed E-state index contributed by atoms with van der Waals surface area (Å²) in [5.74, 6) is -4.35. The number of phenols is 1. The van der Waals surface area contributed by atoms with Gasteiger partial charge in [0, 0.05) is 24.7 Å². The summed E-state index contributed by atoms with van der Waals surface area (Å²) in [6, 6.07) is 4.35. The van der Waals surface area contributed by atoms with Gasteiger partial charge in [-0.25, -0.2) is 0 Å². The van der Waals surface area contributed by atoms with Crippen molar-refractivity contribution >= 4 is 23.1 Å². The molecule has 9 nitrogen and oxygen atoms in total. The third-order valence-electron chi connectivity index (χ3n) is 6.68. The Morgan fingerprint density at radius 2 is 1.94 bits per heavy atom. The van der Waals surface area contributed by atoms with E-state index >= 15 is 0 Å². The fraction of sp³-hybridized carbons (Fsp3) is 0.400. The van der Waals surface area contributed by atoms with Gasteiger partial charge in [0.2, 0.25) is 11.5 Å². The number of hydrogen-bond donors (Lipinski definition) is 3. The second-order valence-corrected chi connectivity index (χ2v) is 8.93. The van der Waals surface area contributed by atoms with Gasteiger partial charge in [-0.05, 0) is 55.2 Å². The molecular formula is C25H25NO8. The number of aromatic nitrogens is 1. The number of aliphatic hydroxyl groups is 2. The minimum Gasteiger partial charge on any atom is -0.511 e. The van der Waals surface area contributed by atoms with E-state index in [-0.39, 0.29) is 72.3 Å². The van der Waals surface area contributed by atoms with Gasteiger partial charge in [0.25, 0.3) is 0 Å². The zero-order valence-electron chi connectivity index (χ0n) is 18.6. The zero-order chi connectivity index (χ0) is 24.6. The van der Waals surface area contributed by atoms with E-state index in [0.717, 1.165) is 0 Å². The van der Waals surface area contributed by atoms with E-state index in [1.54, 1.807) is 6.07 Å². The standard InChI is InChI=1S/C25H25NO8/c1-12(28)8-19(31)21-14(5-7-27)9-15-10-16-13(11-18(30)20-4-6-26-34-20)2-3-17(29)23(16)25(33)22(15)24(21)32/h2-4,6,14-15,21,27,29,32H,5,7-11H2,1H3. The lowest BCUT2D eigenvalue weighted by atomic mass is 9.64. The fourth-order valence-electron chi connectivity index (χ4n) is 5.26. The van der Waals surface area contributed by atoms with Crippen LogP contribution in [0.15, 0.2) is 40.3 Å². The highest BCUT2D eigenvalue weighted by molar-refractivity contribution is 6.14. The molecule has 0 bridgehead atoms. The number of benzene rings is 1. The number of carbonyl (C=O) groups excluding carboxylic acids is 4. The second kappa shape index (κ2) is 9.34. The van der Waals surface area contributed by atoms with Crippen molar-refractivity contribution in [3.63, 3.8) is 0 Å². The number of carbonyl (C=O) groups is 4. The number of ketones is 4. The number of allylic oxidation sites excluding steroid dienone is 2. The van der Waals surface area contributed by atoms with Crippen LogP contribution in [0.25, 0.3) is 0 Å². The highest BCUT2D eigenvalue weighted by Crippen LogP contribution is 2.47. The molecule has 3 unspecified atom stereocenters. The molecule has 1 aromatic carbocycles. The minimum absolute atomic E-state index is 0.000884. The predicted octanol–water partition coefficient (Wildman–Crippen LogP) is 2.54. The summed E-state index contributed by atoms with van der Waals surface area (Å²) in [5.41, 5.74) is 1.11. The molecule has 4 rings (SSSR count). The lowest BCUT2D eigenvalue weighted by molar-refractivity contribution is -0.129. The number of aliphatic hydroxyl groups excluding tert-OH is 2. The van der Waals surface area contributed by atoms with Gasteiger partial charge in [0.05, 0.1) is 24.1 Å². The Bertz CT molecular complexity index is 1190. The van der Waals surface area contributed by atoms with Crippen LogP contribution in [0.4, 0.5) is 0 Å². The quantitative estimate of drug-likeness (QED) is 0.392. The summed E-state index contributed by atoms with van der Waals surface area (Å²) < 4.78 is 4.92. The summed E-state index contributed by atoms with van der Waals surface area (Å²) in [6.07, 6.45) is 1.74. The largest absolute Gasteiger partial charge is 0.511 e. The van der Waals surface area contributed by atoms with Gasteiger partial charge in [-0.2, -0.15) is 0 Å². The van der Waals surface area contributed by atoms with Crippen molar-refractivity contribution in [3.05, 3.63) is 58.2 Å². The average molecular weight is 467 g/mol. The molecule has 9 heteroatoms. The van der Waals surface area contributed by atoms with Gasteiger partial charge >= 0.3 is 0 Å². The first-order valence-electron chi connectivity index (χ1n) is 11.1. The van der Waals surface area contributed by atoms with Gasteiger partial charge in [-0.1, -0.05) is 11.2 Å². The smallest absolute Gasteiger partial charge is 0.205 e. The molecule has 0 saturated heterocycles. The van der Waals surface area contributed by atoms with E-state index < -0.39 is 29.3 Å². The van der Waals surface area contributed by atoms with E-state index in [4.69, 9.17) is 4.52 Å². The number of nitrogens with zero attached hydrogens (tertiary/aromatic N) is 1. The van der Waals surface area contributed by atoms with E-state index in [1.807, 2.05) is 0 Å². The Morgan fingerprint density at radius 1 is 1.18 bits per heavy atom. The molecule has 3 atom stereocenters. The fourth-order valence-corrected chi connectivity index (χ4v) is 5.26. The molecule has 0 aliphatic heterocycles. The van der Waals surface area contributed by atoms with Crippen molar-refractivity contribution < 1.29 is 39.0 Å².